The highest BCUT2D eigenvalue weighted by Gasteiger charge is 2.47. The van der Waals surface area contributed by atoms with Gasteiger partial charge in [-0.15, -0.1) is 11.3 Å². The van der Waals surface area contributed by atoms with E-state index in [1.165, 1.54) is 18.3 Å². The van der Waals surface area contributed by atoms with Crippen molar-refractivity contribution in [1.82, 2.24) is 10.3 Å². The quantitative estimate of drug-likeness (QED) is 0.847. The summed E-state index contributed by atoms with van der Waals surface area (Å²) in [6, 6.07) is 7.01. The average molecular weight is 317 g/mol. The number of aryl methyl sites for hydroxylation is 1. The molecule has 1 aromatic carbocycles. The van der Waals surface area contributed by atoms with Crippen molar-refractivity contribution in [2.75, 3.05) is 5.32 Å². The highest BCUT2D eigenvalue weighted by atomic mass is 32.1. The molecule has 114 valence electrons. The van der Waals surface area contributed by atoms with Crippen LogP contribution in [-0.4, -0.2) is 22.4 Å². The summed E-state index contributed by atoms with van der Waals surface area (Å²) >= 11 is 1.51. The molecule has 2 heterocycles. The van der Waals surface area contributed by atoms with Gasteiger partial charge in [-0.2, -0.15) is 0 Å². The van der Waals surface area contributed by atoms with Crippen molar-refractivity contribution < 1.29 is 14.3 Å². The minimum atomic E-state index is -1.60. The van der Waals surface area contributed by atoms with Gasteiger partial charge in [-0.25, -0.2) is 4.98 Å². The fraction of sp³-hybridized carbons (Fsp3) is 0.267. The van der Waals surface area contributed by atoms with Gasteiger partial charge in [0, 0.05) is 5.38 Å². The smallest absolute Gasteiger partial charge is 0.278 e. The summed E-state index contributed by atoms with van der Waals surface area (Å²) < 4.78 is 5.65. The number of anilines is 1. The molecule has 0 saturated heterocycles. The van der Waals surface area contributed by atoms with E-state index in [0.717, 1.165) is 10.7 Å². The van der Waals surface area contributed by atoms with Crippen LogP contribution in [0.25, 0.3) is 0 Å². The largest absolute Gasteiger partial charge is 0.466 e. The Bertz CT molecular complexity index is 743. The van der Waals surface area contributed by atoms with Gasteiger partial charge in [0.05, 0.1) is 22.9 Å². The minimum Gasteiger partial charge on any atom is -0.466 e. The highest BCUT2D eigenvalue weighted by Crippen LogP contribution is 2.33. The third-order valence-corrected chi connectivity index (χ3v) is 4.23. The second kappa shape index (κ2) is 5.42. The van der Waals surface area contributed by atoms with Crippen molar-refractivity contribution in [2.45, 2.75) is 26.0 Å². The zero-order valence-corrected chi connectivity index (χ0v) is 13.0. The number of carbonyl (C=O) groups excluding carboxylic acids is 2. The van der Waals surface area contributed by atoms with E-state index in [9.17, 15) is 9.59 Å². The Morgan fingerprint density at radius 1 is 1.45 bits per heavy atom. The molecule has 2 N–H and O–H groups in total. The van der Waals surface area contributed by atoms with Gasteiger partial charge in [0.15, 0.2) is 0 Å². The SMILES string of the molecule is Cc1nc(CNC(=O)C2(C)Oc3ccccc3NC2=O)cs1. The number of nitrogens with zero attached hydrogens (tertiary/aromatic N) is 1. The van der Waals surface area contributed by atoms with Crippen molar-refractivity contribution in [3.63, 3.8) is 0 Å². The number of hydrogen-bond acceptors (Lipinski definition) is 5. The van der Waals surface area contributed by atoms with Gasteiger partial charge in [0.1, 0.15) is 5.75 Å². The molecule has 22 heavy (non-hydrogen) atoms. The lowest BCUT2D eigenvalue weighted by Crippen LogP contribution is -2.58. The summed E-state index contributed by atoms with van der Waals surface area (Å²) in [7, 11) is 0. The maximum absolute atomic E-state index is 12.4. The molecule has 1 unspecified atom stereocenters. The number of nitrogens with one attached hydrogen (secondary N) is 2. The summed E-state index contributed by atoms with van der Waals surface area (Å²) in [6.07, 6.45) is 0. The van der Waals surface area contributed by atoms with Gasteiger partial charge in [-0.1, -0.05) is 12.1 Å². The number of aromatic nitrogens is 1. The number of amides is 2. The molecule has 1 aliphatic rings. The van der Waals surface area contributed by atoms with E-state index < -0.39 is 17.4 Å². The maximum atomic E-state index is 12.4. The Morgan fingerprint density at radius 3 is 2.95 bits per heavy atom. The lowest BCUT2D eigenvalue weighted by atomic mass is 10.0. The van der Waals surface area contributed by atoms with Crippen LogP contribution in [0, 0.1) is 6.92 Å². The standard InChI is InChI=1S/C15H15N3O3S/c1-9-17-10(8-22-9)7-16-13(19)15(2)14(20)18-11-5-3-4-6-12(11)21-15/h3-6,8H,7H2,1-2H3,(H,16,19)(H,18,20). The number of benzene rings is 1. The van der Waals surface area contributed by atoms with Crippen LogP contribution in [0.2, 0.25) is 0 Å². The third kappa shape index (κ3) is 2.55. The fourth-order valence-corrected chi connectivity index (χ4v) is 2.76. The zero-order chi connectivity index (χ0) is 15.7. The Balaban J connectivity index is 1.75. The molecular formula is C15H15N3O3S. The highest BCUT2D eigenvalue weighted by molar-refractivity contribution is 7.09. The van der Waals surface area contributed by atoms with Crippen molar-refractivity contribution >= 4 is 28.8 Å². The molecule has 1 aliphatic heterocycles. The minimum absolute atomic E-state index is 0.261. The van der Waals surface area contributed by atoms with Gasteiger partial charge >= 0.3 is 0 Å². The zero-order valence-electron chi connectivity index (χ0n) is 12.2. The van der Waals surface area contributed by atoms with Gasteiger partial charge < -0.3 is 15.4 Å². The van der Waals surface area contributed by atoms with Crippen molar-refractivity contribution in [1.29, 1.82) is 0 Å². The summed E-state index contributed by atoms with van der Waals surface area (Å²) in [4.78, 5) is 28.9. The first-order valence-corrected chi connectivity index (χ1v) is 7.66. The van der Waals surface area contributed by atoms with Crippen molar-refractivity contribution in [3.8, 4) is 5.75 Å². The molecule has 1 atom stereocenters. The van der Waals surface area contributed by atoms with E-state index in [2.05, 4.69) is 15.6 Å². The molecule has 0 bridgehead atoms. The number of carbonyl (C=O) groups is 2. The molecular weight excluding hydrogens is 302 g/mol. The normalized spacial score (nSPS) is 19.8. The monoisotopic (exact) mass is 317 g/mol. The van der Waals surface area contributed by atoms with E-state index in [-0.39, 0.29) is 6.54 Å². The first-order chi connectivity index (χ1) is 10.5. The van der Waals surface area contributed by atoms with Gasteiger partial charge in [-0.3, -0.25) is 9.59 Å². The van der Waals surface area contributed by atoms with Gasteiger partial charge in [-0.05, 0) is 26.0 Å². The Hall–Kier alpha value is -2.41. The summed E-state index contributed by atoms with van der Waals surface area (Å²) in [5.74, 6) is -0.507. The van der Waals surface area contributed by atoms with E-state index in [0.29, 0.717) is 11.4 Å². The first kappa shape index (κ1) is 14.5. The maximum Gasteiger partial charge on any atom is 0.278 e. The lowest BCUT2D eigenvalue weighted by Gasteiger charge is -2.33. The Morgan fingerprint density at radius 2 is 2.23 bits per heavy atom. The van der Waals surface area contributed by atoms with Crippen LogP contribution >= 0.6 is 11.3 Å². The number of ether oxygens (including phenoxy) is 1. The summed E-state index contributed by atoms with van der Waals surface area (Å²) in [5.41, 5.74) is -0.275. The number of fused-ring (bicyclic) bond motifs is 1. The average Bonchev–Trinajstić information content (AvgIpc) is 2.91. The van der Waals surface area contributed by atoms with E-state index in [1.54, 1.807) is 24.3 Å². The topological polar surface area (TPSA) is 80.3 Å². The molecule has 0 radical (unpaired) electrons. The lowest BCUT2D eigenvalue weighted by molar-refractivity contribution is -0.146. The summed E-state index contributed by atoms with van der Waals surface area (Å²) in [5, 5.41) is 8.20. The third-order valence-electron chi connectivity index (χ3n) is 3.41. The van der Waals surface area contributed by atoms with Gasteiger partial charge in [0.2, 0.25) is 0 Å². The number of rotatable bonds is 3. The van der Waals surface area contributed by atoms with Crippen LogP contribution < -0.4 is 15.4 Å². The van der Waals surface area contributed by atoms with Crippen molar-refractivity contribution in [3.05, 3.63) is 40.3 Å². The van der Waals surface area contributed by atoms with Crippen molar-refractivity contribution in [2.24, 2.45) is 0 Å². The van der Waals surface area contributed by atoms with E-state index >= 15 is 0 Å². The second-order valence-corrected chi connectivity index (χ2v) is 6.19. The molecule has 2 amide bonds. The van der Waals surface area contributed by atoms with Crippen LogP contribution in [0.4, 0.5) is 5.69 Å². The molecule has 1 aromatic heterocycles. The fourth-order valence-electron chi connectivity index (χ4n) is 2.15. The van der Waals surface area contributed by atoms with E-state index in [4.69, 9.17) is 4.74 Å². The Labute approximate surface area is 131 Å². The molecule has 0 fully saturated rings. The molecule has 0 spiro atoms. The molecule has 7 heteroatoms. The molecule has 0 aliphatic carbocycles. The molecule has 0 saturated carbocycles. The molecule has 3 rings (SSSR count). The van der Waals surface area contributed by atoms with Crippen LogP contribution in [0.15, 0.2) is 29.6 Å². The Kier molecular flexibility index (Phi) is 3.58. The predicted molar refractivity (Wildman–Crippen MR) is 82.8 cm³/mol. The summed E-state index contributed by atoms with van der Waals surface area (Å²) in [6.45, 7) is 3.61. The van der Waals surface area contributed by atoms with Crippen LogP contribution in [0.1, 0.15) is 17.6 Å². The number of hydrogen-bond donors (Lipinski definition) is 2. The second-order valence-electron chi connectivity index (χ2n) is 5.13. The van der Waals surface area contributed by atoms with Gasteiger partial charge in [0.25, 0.3) is 17.4 Å². The van der Waals surface area contributed by atoms with Crippen LogP contribution in [-0.2, 0) is 16.1 Å². The van der Waals surface area contributed by atoms with Crippen LogP contribution in [0.3, 0.4) is 0 Å². The molecule has 6 nitrogen and oxygen atoms in total. The predicted octanol–water partition coefficient (Wildman–Crippen LogP) is 1.86. The number of thiazole rings is 1. The molecule has 2 aromatic rings. The number of para-hydroxylation sites is 2. The first-order valence-electron chi connectivity index (χ1n) is 6.78. The van der Waals surface area contributed by atoms with E-state index in [1.807, 2.05) is 12.3 Å². The van der Waals surface area contributed by atoms with Crippen LogP contribution in [0.5, 0.6) is 5.75 Å².